The molecule has 6 nitrogen and oxygen atoms in total. The lowest BCUT2D eigenvalue weighted by atomic mass is 9.95. The highest BCUT2D eigenvalue weighted by Crippen LogP contribution is 2.44. The SMILES string of the molecule is CC(C)CC1Nc2ccccc2-c2c(CN=O)nnc3[nH]cc1c23. The smallest absolute Gasteiger partial charge is 0.160 e. The number of hydrogen-bond acceptors (Lipinski definition) is 5. The maximum Gasteiger partial charge on any atom is 0.160 e. The Morgan fingerprint density at radius 3 is 2.88 bits per heavy atom. The average Bonchev–Trinajstić information content (AvgIpc) is 2.93. The minimum Gasteiger partial charge on any atom is -0.378 e. The number of hydrogen-bond donors (Lipinski definition) is 2. The molecule has 0 spiro atoms. The fourth-order valence-electron chi connectivity index (χ4n) is 3.56. The van der Waals surface area contributed by atoms with Gasteiger partial charge in [0.05, 0.1) is 11.7 Å². The largest absolute Gasteiger partial charge is 0.378 e. The first-order valence-corrected chi connectivity index (χ1v) is 8.20. The van der Waals surface area contributed by atoms with E-state index in [4.69, 9.17) is 0 Å². The van der Waals surface area contributed by atoms with Gasteiger partial charge in [-0.15, -0.1) is 5.10 Å². The first-order valence-electron chi connectivity index (χ1n) is 8.20. The van der Waals surface area contributed by atoms with Gasteiger partial charge >= 0.3 is 0 Å². The third kappa shape index (κ3) is 2.26. The van der Waals surface area contributed by atoms with Crippen LogP contribution in [-0.2, 0) is 6.54 Å². The van der Waals surface area contributed by atoms with E-state index in [1.165, 1.54) is 5.56 Å². The Bertz CT molecular complexity index is 915. The molecule has 1 aliphatic rings. The number of nitroso groups, excluding NO2 is 1. The van der Waals surface area contributed by atoms with Gasteiger partial charge in [0.15, 0.2) is 5.65 Å². The summed E-state index contributed by atoms with van der Waals surface area (Å²) >= 11 is 0. The molecular formula is C18H19N5O. The molecule has 0 radical (unpaired) electrons. The Balaban J connectivity index is 2.06. The van der Waals surface area contributed by atoms with Gasteiger partial charge in [0.25, 0.3) is 0 Å². The van der Waals surface area contributed by atoms with Crippen LogP contribution in [0.2, 0.25) is 0 Å². The van der Waals surface area contributed by atoms with Gasteiger partial charge in [-0.25, -0.2) is 0 Å². The van der Waals surface area contributed by atoms with Gasteiger partial charge in [0, 0.05) is 34.0 Å². The van der Waals surface area contributed by atoms with Crippen LogP contribution in [0.3, 0.4) is 0 Å². The summed E-state index contributed by atoms with van der Waals surface area (Å²) in [6, 6.07) is 8.33. The normalized spacial score (nSPS) is 15.9. The van der Waals surface area contributed by atoms with Crippen molar-refractivity contribution in [2.24, 2.45) is 11.1 Å². The topological polar surface area (TPSA) is 83.0 Å². The molecule has 3 aromatic rings. The second-order valence-electron chi connectivity index (χ2n) is 6.65. The van der Waals surface area contributed by atoms with Crippen LogP contribution in [-0.4, -0.2) is 15.2 Å². The van der Waals surface area contributed by atoms with Crippen molar-refractivity contribution in [3.05, 3.63) is 46.6 Å². The summed E-state index contributed by atoms with van der Waals surface area (Å²) in [6.07, 6.45) is 3.01. The Morgan fingerprint density at radius 2 is 2.08 bits per heavy atom. The van der Waals surface area contributed by atoms with Crippen LogP contribution < -0.4 is 5.32 Å². The molecule has 0 saturated carbocycles. The first kappa shape index (κ1) is 14.8. The van der Waals surface area contributed by atoms with Gasteiger partial charge < -0.3 is 10.3 Å². The molecular weight excluding hydrogens is 302 g/mol. The number of aromatic nitrogens is 3. The molecule has 0 aliphatic carbocycles. The second kappa shape index (κ2) is 5.70. The molecule has 1 aromatic carbocycles. The van der Waals surface area contributed by atoms with Crippen LogP contribution in [0.1, 0.15) is 37.6 Å². The third-order valence-corrected chi connectivity index (χ3v) is 4.52. The van der Waals surface area contributed by atoms with E-state index in [-0.39, 0.29) is 12.6 Å². The second-order valence-corrected chi connectivity index (χ2v) is 6.65. The molecule has 122 valence electrons. The summed E-state index contributed by atoms with van der Waals surface area (Å²) in [5.41, 5.74) is 5.61. The number of H-pyrrole nitrogens is 1. The summed E-state index contributed by atoms with van der Waals surface area (Å²) < 4.78 is 0. The Labute approximate surface area is 139 Å². The lowest BCUT2D eigenvalue weighted by Crippen LogP contribution is -2.12. The molecule has 1 unspecified atom stereocenters. The number of para-hydroxylation sites is 1. The van der Waals surface area contributed by atoms with Crippen LogP contribution in [0.4, 0.5) is 5.69 Å². The quantitative estimate of drug-likeness (QED) is 0.697. The van der Waals surface area contributed by atoms with E-state index in [1.54, 1.807) is 0 Å². The molecule has 1 aliphatic heterocycles. The lowest BCUT2D eigenvalue weighted by molar-refractivity contribution is 0.533. The highest BCUT2D eigenvalue weighted by molar-refractivity contribution is 6.01. The number of nitrogens with one attached hydrogen (secondary N) is 2. The van der Waals surface area contributed by atoms with Gasteiger partial charge in [-0.05, 0) is 18.4 Å². The summed E-state index contributed by atoms with van der Waals surface area (Å²) in [5, 5.41) is 16.3. The van der Waals surface area contributed by atoms with Crippen molar-refractivity contribution >= 4 is 16.7 Å². The maximum absolute atomic E-state index is 10.9. The molecule has 1 atom stereocenters. The van der Waals surface area contributed by atoms with E-state index >= 15 is 0 Å². The molecule has 0 bridgehead atoms. The van der Waals surface area contributed by atoms with Crippen molar-refractivity contribution in [1.29, 1.82) is 0 Å². The standard InChI is InChI=1S/C18H19N5O/c1-10(2)7-14-12-8-19-18-17(12)16(15(9-20-24)22-23-18)11-5-3-4-6-13(11)21-14/h3-6,8,10,14,21H,7,9H2,1-2H3,(H,19,23). The zero-order valence-corrected chi connectivity index (χ0v) is 13.7. The predicted octanol–water partition coefficient (Wildman–Crippen LogP) is 4.40. The van der Waals surface area contributed by atoms with Crippen LogP contribution in [0, 0.1) is 10.8 Å². The van der Waals surface area contributed by atoms with Gasteiger partial charge in [-0.1, -0.05) is 37.2 Å². The number of anilines is 1. The summed E-state index contributed by atoms with van der Waals surface area (Å²) in [5.74, 6) is 0.548. The minimum absolute atomic E-state index is 0.0199. The maximum atomic E-state index is 10.9. The van der Waals surface area contributed by atoms with E-state index in [0.717, 1.165) is 34.3 Å². The average molecular weight is 321 g/mol. The molecule has 0 saturated heterocycles. The molecule has 0 amide bonds. The molecule has 24 heavy (non-hydrogen) atoms. The van der Waals surface area contributed by atoms with E-state index in [2.05, 4.69) is 51.7 Å². The highest BCUT2D eigenvalue weighted by Gasteiger charge is 2.27. The Kier molecular flexibility index (Phi) is 3.52. The van der Waals surface area contributed by atoms with Gasteiger partial charge in [-0.2, -0.15) is 10.0 Å². The van der Waals surface area contributed by atoms with Crippen molar-refractivity contribution < 1.29 is 0 Å². The third-order valence-electron chi connectivity index (χ3n) is 4.52. The van der Waals surface area contributed by atoms with Crippen molar-refractivity contribution in [1.82, 2.24) is 15.2 Å². The van der Waals surface area contributed by atoms with Gasteiger partial charge in [0.1, 0.15) is 6.54 Å². The van der Waals surface area contributed by atoms with Crippen molar-refractivity contribution in [2.45, 2.75) is 32.9 Å². The van der Waals surface area contributed by atoms with Crippen LogP contribution in [0.25, 0.3) is 22.2 Å². The van der Waals surface area contributed by atoms with E-state index in [1.807, 2.05) is 18.3 Å². The first-order chi connectivity index (χ1) is 11.7. The summed E-state index contributed by atoms with van der Waals surface area (Å²) in [4.78, 5) is 14.1. The van der Waals surface area contributed by atoms with Crippen LogP contribution in [0.5, 0.6) is 0 Å². The van der Waals surface area contributed by atoms with Crippen LogP contribution in [0.15, 0.2) is 35.6 Å². The Hall–Kier alpha value is -2.76. The van der Waals surface area contributed by atoms with Gasteiger partial charge in [0.2, 0.25) is 0 Å². The van der Waals surface area contributed by atoms with Crippen LogP contribution >= 0.6 is 0 Å². The summed E-state index contributed by atoms with van der Waals surface area (Å²) in [7, 11) is 0. The molecule has 4 rings (SSSR count). The number of nitrogens with zero attached hydrogens (tertiary/aromatic N) is 3. The fourth-order valence-corrected chi connectivity index (χ4v) is 3.56. The van der Waals surface area contributed by atoms with Crippen molar-refractivity contribution in [3.63, 3.8) is 0 Å². The molecule has 2 aromatic heterocycles. The lowest BCUT2D eigenvalue weighted by Gasteiger charge is -2.20. The predicted molar refractivity (Wildman–Crippen MR) is 94.6 cm³/mol. The van der Waals surface area contributed by atoms with E-state index in [9.17, 15) is 4.91 Å². The van der Waals surface area contributed by atoms with E-state index < -0.39 is 0 Å². The number of aromatic amines is 1. The molecule has 3 heterocycles. The number of rotatable bonds is 4. The number of fused-ring (bicyclic) bond motifs is 2. The highest BCUT2D eigenvalue weighted by atomic mass is 16.3. The molecule has 6 heteroatoms. The Morgan fingerprint density at radius 1 is 1.25 bits per heavy atom. The summed E-state index contributed by atoms with van der Waals surface area (Å²) in [6.45, 7) is 4.46. The zero-order valence-electron chi connectivity index (χ0n) is 13.7. The molecule has 2 N–H and O–H groups in total. The van der Waals surface area contributed by atoms with Gasteiger partial charge in [-0.3, -0.25) is 0 Å². The van der Waals surface area contributed by atoms with Crippen molar-refractivity contribution in [2.75, 3.05) is 5.32 Å². The fraction of sp³-hybridized carbons (Fsp3) is 0.333. The number of benzene rings is 1. The zero-order chi connectivity index (χ0) is 16.7. The minimum atomic E-state index is 0.0199. The monoisotopic (exact) mass is 321 g/mol. The van der Waals surface area contributed by atoms with E-state index in [0.29, 0.717) is 11.6 Å². The molecule has 0 fully saturated rings. The van der Waals surface area contributed by atoms with Crippen molar-refractivity contribution in [3.8, 4) is 11.1 Å².